The predicted octanol–water partition coefficient (Wildman–Crippen LogP) is 4.37. The van der Waals surface area contributed by atoms with E-state index in [1.54, 1.807) is 12.1 Å². The second-order valence-electron chi connectivity index (χ2n) is 5.34. The lowest BCUT2D eigenvalue weighted by Crippen LogP contribution is -2.07. The van der Waals surface area contributed by atoms with Gasteiger partial charge < -0.3 is 5.32 Å². The molecule has 4 heteroatoms. The summed E-state index contributed by atoms with van der Waals surface area (Å²) in [5, 5.41) is 14.3. The molecule has 0 unspecified atom stereocenters. The average Bonchev–Trinajstić information content (AvgIpc) is 2.48. The molecule has 0 heterocycles. The van der Waals surface area contributed by atoms with Crippen LogP contribution in [-0.2, 0) is 6.42 Å². The molecular weight excluding hydrogens is 264 g/mol. The minimum Gasteiger partial charge on any atom is -0.385 e. The normalized spacial score (nSPS) is 10.6. The van der Waals surface area contributed by atoms with Crippen LogP contribution in [0.2, 0.25) is 0 Å². The summed E-state index contributed by atoms with van der Waals surface area (Å²) in [5.41, 5.74) is 3.29. The largest absolute Gasteiger partial charge is 0.385 e. The van der Waals surface area contributed by atoms with Gasteiger partial charge in [-0.25, -0.2) is 0 Å². The third-order valence-electron chi connectivity index (χ3n) is 3.47. The molecule has 0 atom stereocenters. The highest BCUT2D eigenvalue weighted by Gasteiger charge is 2.11. The molecule has 2 aromatic carbocycles. The minimum atomic E-state index is -0.325. The molecule has 0 aliphatic heterocycles. The highest BCUT2D eigenvalue weighted by Crippen LogP contribution is 2.20. The van der Waals surface area contributed by atoms with E-state index in [9.17, 15) is 10.1 Å². The maximum atomic E-state index is 11.0. The van der Waals surface area contributed by atoms with Crippen molar-refractivity contribution >= 4 is 11.4 Å². The molecule has 0 aromatic heterocycles. The summed E-state index contributed by atoms with van der Waals surface area (Å²) in [6.07, 6.45) is 0.628. The van der Waals surface area contributed by atoms with E-state index < -0.39 is 0 Å². The third-order valence-corrected chi connectivity index (χ3v) is 3.47. The summed E-state index contributed by atoms with van der Waals surface area (Å²) in [4.78, 5) is 10.6. The Morgan fingerprint density at radius 1 is 1.14 bits per heavy atom. The van der Waals surface area contributed by atoms with Gasteiger partial charge in [0, 0.05) is 23.9 Å². The SMILES string of the molecule is CC(C)c1cccc(NCCc2ccccc2[N+](=O)[O-])c1. The van der Waals surface area contributed by atoms with Crippen LogP contribution in [0.15, 0.2) is 48.5 Å². The molecule has 21 heavy (non-hydrogen) atoms. The monoisotopic (exact) mass is 284 g/mol. The lowest BCUT2D eigenvalue weighted by atomic mass is 10.0. The Morgan fingerprint density at radius 3 is 2.62 bits per heavy atom. The van der Waals surface area contributed by atoms with Gasteiger partial charge in [-0.05, 0) is 30.0 Å². The van der Waals surface area contributed by atoms with Crippen LogP contribution in [0.5, 0.6) is 0 Å². The van der Waals surface area contributed by atoms with Gasteiger partial charge in [0.15, 0.2) is 0 Å². The summed E-state index contributed by atoms with van der Waals surface area (Å²) in [5.74, 6) is 0.488. The number of nitro benzene ring substituents is 1. The summed E-state index contributed by atoms with van der Waals surface area (Å²) in [6.45, 7) is 4.99. The van der Waals surface area contributed by atoms with Crippen molar-refractivity contribution in [1.82, 2.24) is 0 Å². The van der Waals surface area contributed by atoms with Gasteiger partial charge in [0.25, 0.3) is 5.69 Å². The Hall–Kier alpha value is -2.36. The fourth-order valence-electron chi connectivity index (χ4n) is 2.25. The topological polar surface area (TPSA) is 55.2 Å². The standard InChI is InChI=1S/C17H20N2O2/c1-13(2)15-7-5-8-16(12-15)18-11-10-14-6-3-4-9-17(14)19(20)21/h3-9,12-13,18H,10-11H2,1-2H3. The Bertz CT molecular complexity index is 624. The van der Waals surface area contributed by atoms with E-state index in [0.717, 1.165) is 11.3 Å². The number of rotatable bonds is 6. The fraction of sp³-hybridized carbons (Fsp3) is 0.294. The molecule has 2 aromatic rings. The zero-order valence-corrected chi connectivity index (χ0v) is 12.4. The van der Waals surface area contributed by atoms with Crippen LogP contribution in [0, 0.1) is 10.1 Å². The van der Waals surface area contributed by atoms with Gasteiger partial charge in [0.1, 0.15) is 0 Å². The van der Waals surface area contributed by atoms with Gasteiger partial charge in [-0.3, -0.25) is 10.1 Å². The maximum absolute atomic E-state index is 11.0. The predicted molar refractivity (Wildman–Crippen MR) is 85.8 cm³/mol. The second-order valence-corrected chi connectivity index (χ2v) is 5.34. The molecule has 0 saturated heterocycles. The van der Waals surface area contributed by atoms with Crippen molar-refractivity contribution in [3.8, 4) is 0 Å². The molecule has 4 nitrogen and oxygen atoms in total. The van der Waals surface area contributed by atoms with Crippen molar-refractivity contribution in [3.05, 3.63) is 69.8 Å². The Labute approximate surface area is 125 Å². The second kappa shape index (κ2) is 6.88. The van der Waals surface area contributed by atoms with Crippen LogP contribution in [-0.4, -0.2) is 11.5 Å². The quantitative estimate of drug-likeness (QED) is 0.633. The molecule has 1 N–H and O–H groups in total. The van der Waals surface area contributed by atoms with Gasteiger partial charge in [0.05, 0.1) is 4.92 Å². The average molecular weight is 284 g/mol. The number of nitrogens with one attached hydrogen (secondary N) is 1. The van der Waals surface area contributed by atoms with Crippen LogP contribution in [0.25, 0.3) is 0 Å². The molecule has 0 fully saturated rings. The van der Waals surface area contributed by atoms with Crippen LogP contribution >= 0.6 is 0 Å². The highest BCUT2D eigenvalue weighted by atomic mass is 16.6. The molecular formula is C17H20N2O2. The van der Waals surface area contributed by atoms with E-state index in [-0.39, 0.29) is 10.6 Å². The van der Waals surface area contributed by atoms with E-state index in [0.29, 0.717) is 18.9 Å². The first kappa shape index (κ1) is 15.0. The molecule has 0 aliphatic carbocycles. The number of anilines is 1. The van der Waals surface area contributed by atoms with Crippen LogP contribution in [0.3, 0.4) is 0 Å². The summed E-state index contributed by atoms with van der Waals surface area (Å²) in [6, 6.07) is 15.2. The van der Waals surface area contributed by atoms with E-state index in [1.165, 1.54) is 5.56 Å². The summed E-state index contributed by atoms with van der Waals surface area (Å²) < 4.78 is 0. The van der Waals surface area contributed by atoms with Crippen LogP contribution in [0.4, 0.5) is 11.4 Å². The molecule has 0 bridgehead atoms. The molecule has 0 saturated carbocycles. The lowest BCUT2D eigenvalue weighted by molar-refractivity contribution is -0.385. The van der Waals surface area contributed by atoms with Crippen molar-refractivity contribution < 1.29 is 4.92 Å². The van der Waals surface area contributed by atoms with Crippen molar-refractivity contribution in [2.24, 2.45) is 0 Å². The number of hydrogen-bond donors (Lipinski definition) is 1. The first-order chi connectivity index (χ1) is 10.1. The first-order valence-corrected chi connectivity index (χ1v) is 7.14. The molecule has 0 amide bonds. The zero-order chi connectivity index (χ0) is 15.2. The lowest BCUT2D eigenvalue weighted by Gasteiger charge is -2.10. The summed E-state index contributed by atoms with van der Waals surface area (Å²) in [7, 11) is 0. The number of nitro groups is 1. The van der Waals surface area contributed by atoms with E-state index >= 15 is 0 Å². The third kappa shape index (κ3) is 4.05. The first-order valence-electron chi connectivity index (χ1n) is 7.14. The minimum absolute atomic E-state index is 0.190. The van der Waals surface area contributed by atoms with Crippen molar-refractivity contribution in [3.63, 3.8) is 0 Å². The molecule has 2 rings (SSSR count). The maximum Gasteiger partial charge on any atom is 0.272 e. The van der Waals surface area contributed by atoms with E-state index in [2.05, 4.69) is 31.3 Å². The van der Waals surface area contributed by atoms with E-state index in [4.69, 9.17) is 0 Å². The van der Waals surface area contributed by atoms with Gasteiger partial charge in [-0.1, -0.05) is 44.2 Å². The van der Waals surface area contributed by atoms with Gasteiger partial charge >= 0.3 is 0 Å². The Morgan fingerprint density at radius 2 is 1.90 bits per heavy atom. The fourth-order valence-corrected chi connectivity index (χ4v) is 2.25. The van der Waals surface area contributed by atoms with Crippen LogP contribution < -0.4 is 5.32 Å². The van der Waals surface area contributed by atoms with Crippen molar-refractivity contribution in [2.45, 2.75) is 26.2 Å². The van der Waals surface area contributed by atoms with E-state index in [1.807, 2.05) is 24.3 Å². The highest BCUT2D eigenvalue weighted by molar-refractivity contribution is 5.47. The molecule has 0 spiro atoms. The van der Waals surface area contributed by atoms with Gasteiger partial charge in [-0.2, -0.15) is 0 Å². The Balaban J connectivity index is 1.99. The van der Waals surface area contributed by atoms with Crippen LogP contribution in [0.1, 0.15) is 30.9 Å². The number of para-hydroxylation sites is 1. The molecule has 110 valence electrons. The number of hydrogen-bond acceptors (Lipinski definition) is 3. The van der Waals surface area contributed by atoms with Crippen molar-refractivity contribution in [2.75, 3.05) is 11.9 Å². The van der Waals surface area contributed by atoms with Gasteiger partial charge in [-0.15, -0.1) is 0 Å². The molecule has 0 aliphatic rings. The molecule has 0 radical (unpaired) electrons. The smallest absolute Gasteiger partial charge is 0.272 e. The Kier molecular flexibility index (Phi) is 4.93. The number of nitrogens with zero attached hydrogens (tertiary/aromatic N) is 1. The van der Waals surface area contributed by atoms with Crippen molar-refractivity contribution in [1.29, 1.82) is 0 Å². The van der Waals surface area contributed by atoms with Gasteiger partial charge in [0.2, 0.25) is 0 Å². The number of benzene rings is 2. The summed E-state index contributed by atoms with van der Waals surface area (Å²) >= 11 is 0. The zero-order valence-electron chi connectivity index (χ0n) is 12.4.